The maximum atomic E-state index is 12.9. The molecule has 9 aliphatic rings. The van der Waals surface area contributed by atoms with E-state index in [9.17, 15) is 157 Å². The Morgan fingerprint density at radius 1 is 0.282 bits per heavy atom. The highest BCUT2D eigenvalue weighted by Crippen LogP contribution is 2.41. The molecule has 52 heteroatoms. The lowest BCUT2D eigenvalue weighted by molar-refractivity contribution is -0.399. The molecule has 0 aromatic rings. The first-order valence-corrected chi connectivity index (χ1v) is 35.9. The maximum absolute atomic E-state index is 12.9. The topological polar surface area (TPSA) is 808 Å². The van der Waals surface area contributed by atoms with E-state index >= 15 is 0 Å². The molecule has 9 aliphatic heterocycles. The Morgan fingerprint density at radius 3 is 1.01 bits per heavy atom. The molecule has 9 rings (SSSR count). The molecular weight excluding hydrogens is 1540 g/mol. The van der Waals surface area contributed by atoms with Crippen molar-refractivity contribution in [2.45, 2.75) is 290 Å². The van der Waals surface area contributed by atoms with Crippen molar-refractivity contribution in [2.24, 2.45) is 0 Å². The van der Waals surface area contributed by atoms with Gasteiger partial charge in [0.2, 0.25) is 11.8 Å². The van der Waals surface area contributed by atoms with E-state index in [2.05, 4.69) is 15.2 Å². The van der Waals surface area contributed by atoms with Gasteiger partial charge in [-0.3, -0.25) is 14.1 Å². The quantitative estimate of drug-likeness (QED) is 0.0309. The Morgan fingerprint density at radius 2 is 0.573 bits per heavy atom. The van der Waals surface area contributed by atoms with Gasteiger partial charge in [-0.2, -0.15) is 0 Å². The largest absolute Gasteiger partial charge is 0.469 e. The highest BCUT2D eigenvalue weighted by atomic mass is 31.2. The van der Waals surface area contributed by atoms with Crippen LogP contribution in [0.1, 0.15) is 13.8 Å². The second kappa shape index (κ2) is 39.3. The molecule has 0 aromatic carbocycles. The molecule has 0 unspecified atom stereocenters. The van der Waals surface area contributed by atoms with Gasteiger partial charge in [0.1, 0.15) is 220 Å². The number of aliphatic hydroxyl groups excluding tert-OH is 26. The first-order chi connectivity index (χ1) is 51.8. The molecule has 0 aliphatic carbocycles. The van der Waals surface area contributed by atoms with Crippen LogP contribution in [0.4, 0.5) is 0 Å². The lowest BCUT2D eigenvalue weighted by Gasteiger charge is -2.50. The van der Waals surface area contributed by atoms with Crippen molar-refractivity contribution in [3.05, 3.63) is 0 Å². The van der Waals surface area contributed by atoms with Crippen molar-refractivity contribution in [1.29, 1.82) is 0 Å². The van der Waals surface area contributed by atoms with E-state index < -0.39 is 355 Å². The Kier molecular flexibility index (Phi) is 32.6. The highest BCUT2D eigenvalue weighted by molar-refractivity contribution is 7.46. The number of amides is 2. The molecule has 45 atom stereocenters. The van der Waals surface area contributed by atoms with Crippen molar-refractivity contribution in [2.75, 3.05) is 59.5 Å². The summed E-state index contributed by atoms with van der Waals surface area (Å²) >= 11 is 0. The fraction of sp³-hybridized carbons (Fsp3) is 0.966. The van der Waals surface area contributed by atoms with Gasteiger partial charge < -0.3 is 234 Å². The molecule has 0 spiro atoms. The number of hydrogen-bond acceptors (Lipinski definition) is 47. The van der Waals surface area contributed by atoms with Crippen LogP contribution < -0.4 is 10.6 Å². The van der Waals surface area contributed by atoms with Gasteiger partial charge in [-0.05, 0) is 0 Å². The van der Waals surface area contributed by atoms with E-state index in [4.69, 9.17) is 80.5 Å². The minimum absolute atomic E-state index is 0.794. The minimum Gasteiger partial charge on any atom is -0.394 e. The van der Waals surface area contributed by atoms with E-state index in [0.29, 0.717) is 0 Å². The number of phosphoric acid groups is 1. The molecule has 110 heavy (non-hydrogen) atoms. The van der Waals surface area contributed by atoms with E-state index in [1.807, 2.05) is 0 Å². The van der Waals surface area contributed by atoms with Crippen LogP contribution in [-0.4, -0.2) is 490 Å². The summed E-state index contributed by atoms with van der Waals surface area (Å²) in [5, 5.41) is 292. The van der Waals surface area contributed by atoms with E-state index in [-0.39, 0.29) is 0 Å². The molecule has 0 aromatic heterocycles. The molecular formula is C58H99N2O49P. The summed E-state index contributed by atoms with van der Waals surface area (Å²) < 4.78 is 115. The van der Waals surface area contributed by atoms with Crippen LogP contribution in [0.15, 0.2) is 0 Å². The van der Waals surface area contributed by atoms with Crippen LogP contribution in [0.5, 0.6) is 0 Å². The SMILES string of the molecule is CC(=O)N[C@@H]1[C@@H](O)[C@H](O[C@@H]2O[C@H](CO)[C@@H](O[C@@H]3O[C@H](CO[C@H]4O[C@H](CO[C@H]5O[C@H](CO)[C@@H](O)[C@H](O)[C@@H]5O[C@H]5O[C@H](COP(=O)(O)O)[C@@H](O)[C@H](O)[C@@H]5O)[C@@H](O)[C@H](O[C@H]5O[C@H](CO)[C@@H](O)[C@H](O)[C@@H]5O)[C@@H]4O)[C@@H](O)[C@H](O[C@H]4O[C@H](CO)[C@@H](O)[C@H](O)[C@@H]4O[C@H]4O[C@H](CO)[C@@H](O)[C@H](O)[C@@H]4O)[C@@H]3O)[C@H](O)[C@H]2NC(C)=O)[C@@H](CO)O[C@H]1O. The van der Waals surface area contributed by atoms with Gasteiger partial charge in [0.15, 0.2) is 56.6 Å². The van der Waals surface area contributed by atoms with Gasteiger partial charge in [-0.25, -0.2) is 4.57 Å². The zero-order valence-electron chi connectivity index (χ0n) is 57.9. The Bertz CT molecular complexity index is 2910. The Hall–Kier alpha value is -2.67. The Labute approximate surface area is 620 Å². The number of carbonyl (C=O) groups is 2. The lowest BCUT2D eigenvalue weighted by Crippen LogP contribution is -2.70. The van der Waals surface area contributed by atoms with Gasteiger partial charge >= 0.3 is 7.82 Å². The van der Waals surface area contributed by atoms with E-state index in [1.165, 1.54) is 0 Å². The van der Waals surface area contributed by atoms with Crippen molar-refractivity contribution < 1.29 is 242 Å². The molecule has 0 bridgehead atoms. The average molecular weight is 1640 g/mol. The molecule has 640 valence electrons. The maximum Gasteiger partial charge on any atom is 0.469 e. The third-order valence-corrected chi connectivity index (χ3v) is 20.3. The summed E-state index contributed by atoms with van der Waals surface area (Å²) in [5.74, 6) is -1.75. The number of phosphoric ester groups is 1. The molecule has 0 radical (unpaired) electrons. The summed E-state index contributed by atoms with van der Waals surface area (Å²) in [4.78, 5) is 43.7. The molecule has 2 amide bonds. The van der Waals surface area contributed by atoms with Gasteiger partial charge in [-0.15, -0.1) is 0 Å². The predicted molar refractivity (Wildman–Crippen MR) is 331 cm³/mol. The minimum atomic E-state index is -5.30. The van der Waals surface area contributed by atoms with Crippen LogP contribution in [0.25, 0.3) is 0 Å². The lowest BCUT2D eigenvalue weighted by atomic mass is 9.94. The van der Waals surface area contributed by atoms with Crippen LogP contribution in [-0.2, 0) is 99.2 Å². The summed E-state index contributed by atoms with van der Waals surface area (Å²) in [6.45, 7) is -8.24. The molecule has 9 saturated heterocycles. The molecule has 30 N–H and O–H groups in total. The number of ether oxygens (including phenoxy) is 17. The third kappa shape index (κ3) is 20.4. The van der Waals surface area contributed by atoms with Crippen molar-refractivity contribution >= 4 is 19.6 Å². The molecule has 9 fully saturated rings. The highest BCUT2D eigenvalue weighted by Gasteiger charge is 2.60. The number of rotatable bonds is 29. The van der Waals surface area contributed by atoms with Crippen molar-refractivity contribution in [3.8, 4) is 0 Å². The van der Waals surface area contributed by atoms with Gasteiger partial charge in [-0.1, -0.05) is 0 Å². The van der Waals surface area contributed by atoms with Gasteiger partial charge in [0.25, 0.3) is 0 Å². The van der Waals surface area contributed by atoms with E-state index in [1.54, 1.807) is 0 Å². The van der Waals surface area contributed by atoms with Crippen molar-refractivity contribution in [3.63, 3.8) is 0 Å². The first-order valence-electron chi connectivity index (χ1n) is 34.4. The second-order valence-electron chi connectivity index (χ2n) is 27.3. The fourth-order valence-electron chi connectivity index (χ4n) is 13.7. The number of hydrogen-bond donors (Lipinski definition) is 30. The zero-order chi connectivity index (χ0) is 81.1. The second-order valence-corrected chi connectivity index (χ2v) is 28.6. The standard InChI is InChI=1S/C58H99N2O49P/c1-12(67)59-23-32(76)44(18(7-65)95-50(23)88)104-51-24(60-13(2)68)33(77)45(19(8-66)100-51)105-56-43(87)47(107-58-49(38(82)28(72)17(6-64)99-58)109-54-40(84)35(79)26(70)15(4-62)97-54)31(75)21(102-56)9-92-52-42(86)46(106-53-39(83)34(78)25(69)14(3-61)96-53)30(74)20(101-52)10-93-57-48(37(81)27(71)16(5-63)98-57)108-55-41(85)36(80)29(73)22(103-55)11-94-110(89,90)91/h14-58,61-66,69-88H,3-11H2,1-2H3,(H,59,67)(H,60,68)(H2,89,90,91)/t14-,15-,16-,17-,18-,19-,20-,21-,22-,23-,24-,25-,26-,27-,28-,29-,30-,31-,32-,33-,34+,35+,36+,37+,38+,39+,40+,41+,42+,43+,44-,45-,46+,47+,48+,49+,50-,51+,52+,53-,54-,55-,56+,57+,58-/m1/s1. The van der Waals surface area contributed by atoms with E-state index in [0.717, 1.165) is 13.8 Å². The Balaban J connectivity index is 1.05. The number of nitrogens with one attached hydrogen (secondary N) is 2. The van der Waals surface area contributed by atoms with Gasteiger partial charge in [0.05, 0.1) is 59.5 Å². The smallest absolute Gasteiger partial charge is 0.394 e. The van der Waals surface area contributed by atoms with Gasteiger partial charge in [0, 0.05) is 13.8 Å². The summed E-state index contributed by atoms with van der Waals surface area (Å²) in [6.07, 6.45) is -92.8. The van der Waals surface area contributed by atoms with Crippen molar-refractivity contribution in [1.82, 2.24) is 10.6 Å². The molecule has 51 nitrogen and oxygen atoms in total. The summed E-state index contributed by atoms with van der Waals surface area (Å²) in [5.41, 5.74) is 0. The number of carbonyl (C=O) groups excluding carboxylic acids is 2. The normalized spacial score (nSPS) is 49.9. The predicted octanol–water partition coefficient (Wildman–Crippen LogP) is -20.2. The summed E-state index contributed by atoms with van der Waals surface area (Å²) in [6, 6.07) is -3.59. The molecule has 9 heterocycles. The zero-order valence-corrected chi connectivity index (χ0v) is 58.8. The monoisotopic (exact) mass is 1640 g/mol. The average Bonchev–Trinajstić information content (AvgIpc) is 0.775. The summed E-state index contributed by atoms with van der Waals surface area (Å²) in [7, 11) is -5.30. The number of aliphatic hydroxyl groups is 26. The van der Waals surface area contributed by atoms with Crippen LogP contribution >= 0.6 is 7.82 Å². The first kappa shape index (κ1) is 91.2. The van der Waals surface area contributed by atoms with Crippen LogP contribution in [0.2, 0.25) is 0 Å². The van der Waals surface area contributed by atoms with Crippen LogP contribution in [0, 0.1) is 0 Å². The van der Waals surface area contributed by atoms with Crippen LogP contribution in [0.3, 0.4) is 0 Å². The third-order valence-electron chi connectivity index (χ3n) is 19.8. The fourth-order valence-corrected chi connectivity index (χ4v) is 14.0. The molecule has 0 saturated carbocycles.